The van der Waals surface area contributed by atoms with Gasteiger partial charge in [-0.15, -0.1) is 0 Å². The lowest BCUT2D eigenvalue weighted by molar-refractivity contribution is 0.1000. The van der Waals surface area contributed by atoms with Crippen molar-refractivity contribution >= 4 is 23.4 Å². The number of nitrogens with one attached hydrogen (secondary N) is 3. The number of hydrogen-bond acceptors (Lipinski definition) is 7. The first kappa shape index (κ1) is 22.0. The van der Waals surface area contributed by atoms with E-state index >= 15 is 0 Å². The first-order chi connectivity index (χ1) is 14.8. The number of halogens is 2. The number of anilines is 3. The van der Waals surface area contributed by atoms with Gasteiger partial charge in [-0.2, -0.15) is 5.10 Å². The lowest BCUT2D eigenvalue weighted by Crippen LogP contribution is -2.21. The predicted molar refractivity (Wildman–Crippen MR) is 110 cm³/mol. The second-order valence-electron chi connectivity index (χ2n) is 6.92. The molecule has 0 aliphatic heterocycles. The van der Waals surface area contributed by atoms with Crippen molar-refractivity contribution < 1.29 is 23.4 Å². The fourth-order valence-electron chi connectivity index (χ4n) is 2.77. The molecule has 1 aromatic carbocycles. The summed E-state index contributed by atoms with van der Waals surface area (Å²) in [6, 6.07) is 7.09. The number of hydrogen-bond donors (Lipinski definition) is 5. The van der Waals surface area contributed by atoms with Crippen molar-refractivity contribution in [2.24, 2.45) is 5.73 Å². The number of benzene rings is 1. The molecular weight excluding hydrogens is 410 g/mol. The molecule has 0 saturated heterocycles. The highest BCUT2D eigenvalue weighted by Gasteiger charge is 2.20. The van der Waals surface area contributed by atoms with Gasteiger partial charge in [0.2, 0.25) is 5.88 Å². The molecule has 0 saturated carbocycles. The van der Waals surface area contributed by atoms with Gasteiger partial charge in [0.05, 0.1) is 24.3 Å². The van der Waals surface area contributed by atoms with Crippen LogP contribution >= 0.6 is 0 Å². The molecule has 31 heavy (non-hydrogen) atoms. The summed E-state index contributed by atoms with van der Waals surface area (Å²) >= 11 is 0. The van der Waals surface area contributed by atoms with Gasteiger partial charge < -0.3 is 26.2 Å². The minimum absolute atomic E-state index is 0.0611. The maximum atomic E-state index is 14.6. The normalized spacial score (nSPS) is 11.9. The third-order valence-electron chi connectivity index (χ3n) is 4.17. The van der Waals surface area contributed by atoms with Crippen LogP contribution in [0.5, 0.6) is 5.88 Å². The minimum atomic E-state index is -0.913. The Balaban J connectivity index is 1.90. The van der Waals surface area contributed by atoms with Crippen LogP contribution in [0.15, 0.2) is 36.4 Å². The average molecular weight is 432 g/mol. The summed E-state index contributed by atoms with van der Waals surface area (Å²) in [5.41, 5.74) is 5.68. The van der Waals surface area contributed by atoms with Gasteiger partial charge in [0, 0.05) is 6.07 Å². The Morgan fingerprint density at radius 2 is 1.94 bits per heavy atom. The van der Waals surface area contributed by atoms with Crippen molar-refractivity contribution in [2.75, 3.05) is 17.2 Å². The number of aliphatic hydroxyl groups excluding tert-OH is 1. The van der Waals surface area contributed by atoms with Gasteiger partial charge in [0.25, 0.3) is 5.91 Å². The lowest BCUT2D eigenvalue weighted by Gasteiger charge is -2.20. The zero-order chi connectivity index (χ0) is 22.5. The van der Waals surface area contributed by atoms with Gasteiger partial charge in [0.15, 0.2) is 17.5 Å². The Morgan fingerprint density at radius 1 is 1.23 bits per heavy atom. The number of amides is 1. The summed E-state index contributed by atoms with van der Waals surface area (Å²) in [6.45, 7) is 3.28. The molecule has 1 atom stereocenters. The van der Waals surface area contributed by atoms with Crippen LogP contribution in [0.3, 0.4) is 0 Å². The van der Waals surface area contributed by atoms with E-state index in [1.165, 1.54) is 30.3 Å². The van der Waals surface area contributed by atoms with E-state index in [-0.39, 0.29) is 29.1 Å². The second kappa shape index (κ2) is 9.39. The Morgan fingerprint density at radius 3 is 2.55 bits per heavy atom. The van der Waals surface area contributed by atoms with Crippen molar-refractivity contribution in [3.05, 3.63) is 59.2 Å². The van der Waals surface area contributed by atoms with Crippen molar-refractivity contribution in [1.29, 1.82) is 0 Å². The summed E-state index contributed by atoms with van der Waals surface area (Å²) in [4.78, 5) is 15.9. The van der Waals surface area contributed by atoms with Crippen LogP contribution in [0.2, 0.25) is 0 Å². The monoisotopic (exact) mass is 432 g/mol. The highest BCUT2D eigenvalue weighted by atomic mass is 19.1. The van der Waals surface area contributed by atoms with Crippen molar-refractivity contribution in [2.45, 2.75) is 26.0 Å². The largest absolute Gasteiger partial charge is 0.475 e. The molecule has 3 rings (SSSR count). The summed E-state index contributed by atoms with van der Waals surface area (Å²) in [5.74, 6) is -1.87. The van der Waals surface area contributed by atoms with Crippen LogP contribution in [0.25, 0.3) is 0 Å². The average Bonchev–Trinajstić information content (AvgIpc) is 3.14. The topological polar surface area (TPSA) is 138 Å². The summed E-state index contributed by atoms with van der Waals surface area (Å²) in [6.07, 6.45) is -0.0873. The Labute approximate surface area is 176 Å². The van der Waals surface area contributed by atoms with Gasteiger partial charge in [-0.25, -0.2) is 18.9 Å². The summed E-state index contributed by atoms with van der Waals surface area (Å²) < 4.78 is 33.2. The molecule has 164 valence electrons. The number of carbonyl (C=O) groups is 1. The molecule has 3 aromatic rings. The molecule has 2 aromatic heterocycles. The Kier molecular flexibility index (Phi) is 6.65. The zero-order valence-electron chi connectivity index (χ0n) is 16.8. The van der Waals surface area contributed by atoms with E-state index in [0.29, 0.717) is 11.4 Å². The number of primary amides is 1. The quantitative estimate of drug-likeness (QED) is 0.350. The highest BCUT2D eigenvalue weighted by molar-refractivity contribution is 5.98. The molecular formula is C20H22F2N6O3. The molecule has 0 spiro atoms. The SMILES string of the molecule is CC(C)Oc1cc(Nc2nc(NC(CO)c3ccc(F)cc3)c(C(N)=O)cc2F)n[nH]1. The van der Waals surface area contributed by atoms with E-state index in [9.17, 15) is 18.7 Å². The van der Waals surface area contributed by atoms with Crippen LogP contribution in [0.4, 0.5) is 26.2 Å². The molecule has 0 fully saturated rings. The molecule has 1 amide bonds. The minimum Gasteiger partial charge on any atom is -0.475 e. The first-order valence-corrected chi connectivity index (χ1v) is 9.39. The van der Waals surface area contributed by atoms with Crippen molar-refractivity contribution in [3.8, 4) is 5.88 Å². The van der Waals surface area contributed by atoms with Crippen LogP contribution in [0.1, 0.15) is 35.8 Å². The smallest absolute Gasteiger partial charge is 0.252 e. The molecule has 9 nitrogen and oxygen atoms in total. The van der Waals surface area contributed by atoms with Crippen LogP contribution < -0.4 is 21.1 Å². The summed E-state index contributed by atoms with van der Waals surface area (Å²) in [7, 11) is 0. The van der Waals surface area contributed by atoms with Gasteiger partial charge >= 0.3 is 0 Å². The van der Waals surface area contributed by atoms with E-state index in [0.717, 1.165) is 6.07 Å². The Hall–Kier alpha value is -3.73. The van der Waals surface area contributed by atoms with Crippen LogP contribution in [-0.4, -0.2) is 38.9 Å². The molecule has 0 radical (unpaired) electrons. The predicted octanol–water partition coefficient (Wildman–Crippen LogP) is 2.86. The number of ether oxygens (including phenoxy) is 1. The van der Waals surface area contributed by atoms with Gasteiger partial charge in [-0.3, -0.25) is 4.79 Å². The standard InChI is InChI=1S/C20H22F2N6O3/c1-10(2)31-17-8-16(27-28-17)25-20-14(22)7-13(18(23)30)19(26-20)24-15(9-29)11-3-5-12(21)6-4-11/h3-8,10,15,29H,9H2,1-2H3,(H2,23,30)(H3,24,25,26,27,28). The van der Waals surface area contributed by atoms with E-state index in [4.69, 9.17) is 10.5 Å². The molecule has 0 aliphatic carbocycles. The Bertz CT molecular complexity index is 1060. The number of H-pyrrole nitrogens is 1. The molecule has 2 heterocycles. The highest BCUT2D eigenvalue weighted by Crippen LogP contribution is 2.27. The number of aromatic amines is 1. The van der Waals surface area contributed by atoms with Gasteiger partial charge in [0.1, 0.15) is 11.6 Å². The number of aliphatic hydroxyl groups is 1. The molecule has 6 N–H and O–H groups in total. The van der Waals surface area contributed by atoms with Gasteiger partial charge in [-0.1, -0.05) is 12.1 Å². The number of nitrogens with two attached hydrogens (primary N) is 1. The molecule has 0 aliphatic rings. The first-order valence-electron chi connectivity index (χ1n) is 9.39. The van der Waals surface area contributed by atoms with Crippen molar-refractivity contribution in [3.63, 3.8) is 0 Å². The fourth-order valence-corrected chi connectivity index (χ4v) is 2.77. The maximum Gasteiger partial charge on any atom is 0.252 e. The van der Waals surface area contributed by atoms with Crippen LogP contribution in [-0.2, 0) is 0 Å². The summed E-state index contributed by atoms with van der Waals surface area (Å²) in [5, 5.41) is 21.9. The number of nitrogens with zero attached hydrogens (tertiary/aromatic N) is 2. The van der Waals surface area contributed by atoms with E-state index in [1.54, 1.807) is 0 Å². The van der Waals surface area contributed by atoms with Gasteiger partial charge in [-0.05, 0) is 37.6 Å². The third kappa shape index (κ3) is 5.45. The molecule has 11 heteroatoms. The van der Waals surface area contributed by atoms with E-state index < -0.39 is 30.2 Å². The third-order valence-corrected chi connectivity index (χ3v) is 4.17. The molecule has 1 unspecified atom stereocenters. The number of rotatable bonds is 9. The number of aromatic nitrogens is 3. The van der Waals surface area contributed by atoms with Crippen LogP contribution in [0, 0.1) is 11.6 Å². The van der Waals surface area contributed by atoms with E-state index in [1.807, 2.05) is 13.8 Å². The number of pyridine rings is 1. The van der Waals surface area contributed by atoms with E-state index in [2.05, 4.69) is 25.8 Å². The lowest BCUT2D eigenvalue weighted by atomic mass is 10.1. The fraction of sp³-hybridized carbons (Fsp3) is 0.250. The molecule has 0 bridgehead atoms. The maximum absolute atomic E-state index is 14.6. The second-order valence-corrected chi connectivity index (χ2v) is 6.92. The zero-order valence-corrected chi connectivity index (χ0v) is 16.8. The van der Waals surface area contributed by atoms with Crippen molar-refractivity contribution in [1.82, 2.24) is 15.2 Å². The number of carbonyl (C=O) groups excluding carboxylic acids is 1.